The minimum atomic E-state index is -0.126. The first-order valence-electron chi connectivity index (χ1n) is 6.97. The van der Waals surface area contributed by atoms with Crippen molar-refractivity contribution >= 4 is 5.97 Å². The SMILES string of the molecule is CC(C)CCCCCc1ccc2c(c1)CC(=O)O2. The van der Waals surface area contributed by atoms with Crippen LogP contribution in [0.4, 0.5) is 0 Å². The van der Waals surface area contributed by atoms with Gasteiger partial charge in [-0.05, 0) is 30.4 Å². The van der Waals surface area contributed by atoms with E-state index in [4.69, 9.17) is 4.74 Å². The fourth-order valence-electron chi connectivity index (χ4n) is 2.40. The molecule has 0 aromatic heterocycles. The van der Waals surface area contributed by atoms with Crippen LogP contribution in [0.2, 0.25) is 0 Å². The second-order valence-corrected chi connectivity index (χ2v) is 5.59. The summed E-state index contributed by atoms with van der Waals surface area (Å²) in [7, 11) is 0. The number of esters is 1. The number of ether oxygens (including phenoxy) is 1. The minimum absolute atomic E-state index is 0.126. The van der Waals surface area contributed by atoms with Gasteiger partial charge in [0.2, 0.25) is 0 Å². The Morgan fingerprint density at radius 2 is 2.06 bits per heavy atom. The lowest BCUT2D eigenvalue weighted by atomic mass is 10.0. The predicted molar refractivity (Wildman–Crippen MR) is 72.8 cm³/mol. The molecule has 0 amide bonds. The molecule has 0 unspecified atom stereocenters. The summed E-state index contributed by atoms with van der Waals surface area (Å²) in [4.78, 5) is 11.2. The monoisotopic (exact) mass is 246 g/mol. The van der Waals surface area contributed by atoms with Gasteiger partial charge in [0.1, 0.15) is 5.75 Å². The molecular formula is C16H22O2. The maximum absolute atomic E-state index is 11.2. The fraction of sp³-hybridized carbons (Fsp3) is 0.562. The van der Waals surface area contributed by atoms with Gasteiger partial charge in [0.05, 0.1) is 6.42 Å². The molecule has 0 N–H and O–H groups in total. The molecule has 0 fully saturated rings. The standard InChI is InChI=1S/C16H22O2/c1-12(2)6-4-3-5-7-13-8-9-15-14(10-13)11-16(17)18-15/h8-10,12H,3-7,11H2,1-2H3. The highest BCUT2D eigenvalue weighted by molar-refractivity contribution is 5.81. The van der Waals surface area contributed by atoms with Crippen molar-refractivity contribution in [2.24, 2.45) is 5.92 Å². The van der Waals surface area contributed by atoms with Gasteiger partial charge in [-0.15, -0.1) is 0 Å². The van der Waals surface area contributed by atoms with Crippen molar-refractivity contribution in [3.05, 3.63) is 29.3 Å². The zero-order chi connectivity index (χ0) is 13.0. The molecule has 0 spiro atoms. The van der Waals surface area contributed by atoms with Crippen LogP contribution in [0.1, 0.15) is 50.7 Å². The summed E-state index contributed by atoms with van der Waals surface area (Å²) < 4.78 is 5.09. The molecule has 98 valence electrons. The van der Waals surface area contributed by atoms with Crippen LogP contribution in [-0.2, 0) is 17.6 Å². The predicted octanol–water partition coefficient (Wildman–Crippen LogP) is 3.91. The third kappa shape index (κ3) is 3.59. The third-order valence-electron chi connectivity index (χ3n) is 3.43. The van der Waals surface area contributed by atoms with Crippen molar-refractivity contribution in [2.75, 3.05) is 0 Å². The summed E-state index contributed by atoms with van der Waals surface area (Å²) in [6.45, 7) is 4.55. The lowest BCUT2D eigenvalue weighted by Gasteiger charge is -2.05. The van der Waals surface area contributed by atoms with Crippen molar-refractivity contribution in [1.29, 1.82) is 0 Å². The van der Waals surface area contributed by atoms with E-state index in [0.717, 1.165) is 23.7 Å². The van der Waals surface area contributed by atoms with Crippen molar-refractivity contribution in [3.8, 4) is 5.75 Å². The normalized spacial score (nSPS) is 13.8. The van der Waals surface area contributed by atoms with Gasteiger partial charge in [0.15, 0.2) is 0 Å². The molecule has 0 saturated carbocycles. The van der Waals surface area contributed by atoms with Gasteiger partial charge in [0, 0.05) is 5.56 Å². The third-order valence-corrected chi connectivity index (χ3v) is 3.43. The van der Waals surface area contributed by atoms with E-state index in [1.165, 1.54) is 31.2 Å². The molecule has 1 heterocycles. The van der Waals surface area contributed by atoms with Crippen LogP contribution >= 0.6 is 0 Å². The Morgan fingerprint density at radius 3 is 2.83 bits per heavy atom. The van der Waals surface area contributed by atoms with E-state index >= 15 is 0 Å². The van der Waals surface area contributed by atoms with E-state index in [9.17, 15) is 4.79 Å². The zero-order valence-corrected chi connectivity index (χ0v) is 11.4. The van der Waals surface area contributed by atoms with Crippen LogP contribution in [0.5, 0.6) is 5.75 Å². The average Bonchev–Trinajstić information content (AvgIpc) is 2.67. The number of hydrogen-bond acceptors (Lipinski definition) is 2. The van der Waals surface area contributed by atoms with Crippen molar-refractivity contribution in [2.45, 2.75) is 52.4 Å². The molecule has 2 heteroatoms. The lowest BCUT2D eigenvalue weighted by molar-refractivity contribution is -0.131. The second kappa shape index (κ2) is 6.03. The molecule has 2 nitrogen and oxygen atoms in total. The van der Waals surface area contributed by atoms with Crippen LogP contribution in [-0.4, -0.2) is 5.97 Å². The number of unbranched alkanes of at least 4 members (excludes halogenated alkanes) is 2. The van der Waals surface area contributed by atoms with Gasteiger partial charge in [-0.1, -0.05) is 45.2 Å². The number of rotatable bonds is 6. The van der Waals surface area contributed by atoms with E-state index in [2.05, 4.69) is 26.0 Å². The van der Waals surface area contributed by atoms with Gasteiger partial charge < -0.3 is 4.74 Å². The molecule has 0 atom stereocenters. The summed E-state index contributed by atoms with van der Waals surface area (Å²) in [5.74, 6) is 1.44. The summed E-state index contributed by atoms with van der Waals surface area (Å²) in [5.41, 5.74) is 2.39. The fourth-order valence-corrected chi connectivity index (χ4v) is 2.40. The number of fused-ring (bicyclic) bond motifs is 1. The smallest absolute Gasteiger partial charge is 0.315 e. The van der Waals surface area contributed by atoms with Crippen LogP contribution in [0.25, 0.3) is 0 Å². The van der Waals surface area contributed by atoms with Crippen LogP contribution in [0.15, 0.2) is 18.2 Å². The maximum Gasteiger partial charge on any atom is 0.315 e. The average molecular weight is 246 g/mol. The van der Waals surface area contributed by atoms with Crippen molar-refractivity contribution in [3.63, 3.8) is 0 Å². The Hall–Kier alpha value is -1.31. The molecule has 0 saturated heterocycles. The molecule has 1 aliphatic heterocycles. The summed E-state index contributed by atoms with van der Waals surface area (Å²) >= 11 is 0. The number of hydrogen-bond donors (Lipinski definition) is 0. The first-order chi connectivity index (χ1) is 8.65. The van der Waals surface area contributed by atoms with Crippen molar-refractivity contribution < 1.29 is 9.53 Å². The summed E-state index contributed by atoms with van der Waals surface area (Å²) in [6.07, 6.45) is 6.73. The highest BCUT2D eigenvalue weighted by Gasteiger charge is 2.19. The molecule has 0 aliphatic carbocycles. The topological polar surface area (TPSA) is 26.3 Å². The highest BCUT2D eigenvalue weighted by atomic mass is 16.5. The Kier molecular flexibility index (Phi) is 4.40. The summed E-state index contributed by atoms with van der Waals surface area (Å²) in [6, 6.07) is 6.15. The molecule has 18 heavy (non-hydrogen) atoms. The van der Waals surface area contributed by atoms with Gasteiger partial charge in [-0.2, -0.15) is 0 Å². The van der Waals surface area contributed by atoms with Gasteiger partial charge in [-0.25, -0.2) is 0 Å². The largest absolute Gasteiger partial charge is 0.426 e. The first kappa shape index (κ1) is 13.1. The van der Waals surface area contributed by atoms with E-state index in [1.807, 2.05) is 6.07 Å². The molecule has 1 aromatic rings. The molecule has 2 rings (SSSR count). The minimum Gasteiger partial charge on any atom is -0.426 e. The first-order valence-corrected chi connectivity index (χ1v) is 6.97. The zero-order valence-electron chi connectivity index (χ0n) is 11.4. The molecule has 1 aliphatic rings. The quantitative estimate of drug-likeness (QED) is 0.432. The van der Waals surface area contributed by atoms with Crippen LogP contribution < -0.4 is 4.74 Å². The van der Waals surface area contributed by atoms with E-state index in [1.54, 1.807) is 0 Å². The molecule has 0 bridgehead atoms. The van der Waals surface area contributed by atoms with E-state index in [0.29, 0.717) is 6.42 Å². The Balaban J connectivity index is 1.77. The Labute approximate surface area is 109 Å². The maximum atomic E-state index is 11.2. The lowest BCUT2D eigenvalue weighted by Crippen LogP contribution is -2.00. The Bertz CT molecular complexity index is 421. The highest BCUT2D eigenvalue weighted by Crippen LogP contribution is 2.27. The van der Waals surface area contributed by atoms with Gasteiger partial charge in [0.25, 0.3) is 0 Å². The number of aryl methyl sites for hydroxylation is 1. The Morgan fingerprint density at radius 1 is 1.22 bits per heavy atom. The van der Waals surface area contributed by atoms with Crippen molar-refractivity contribution in [1.82, 2.24) is 0 Å². The van der Waals surface area contributed by atoms with Gasteiger partial charge >= 0.3 is 5.97 Å². The molecule has 0 radical (unpaired) electrons. The summed E-state index contributed by atoms with van der Waals surface area (Å²) in [5, 5.41) is 0. The second-order valence-electron chi connectivity index (χ2n) is 5.59. The number of carbonyl (C=O) groups is 1. The van der Waals surface area contributed by atoms with E-state index in [-0.39, 0.29) is 5.97 Å². The number of carbonyl (C=O) groups excluding carboxylic acids is 1. The molecular weight excluding hydrogens is 224 g/mol. The van der Waals surface area contributed by atoms with Crippen LogP contribution in [0, 0.1) is 5.92 Å². The number of benzene rings is 1. The molecule has 1 aromatic carbocycles. The van der Waals surface area contributed by atoms with Crippen LogP contribution in [0.3, 0.4) is 0 Å². The van der Waals surface area contributed by atoms with E-state index < -0.39 is 0 Å². The van der Waals surface area contributed by atoms with Gasteiger partial charge in [-0.3, -0.25) is 4.79 Å².